The molecule has 4 heteroatoms. The lowest BCUT2D eigenvalue weighted by Crippen LogP contribution is -2.40. The lowest BCUT2D eigenvalue weighted by Gasteiger charge is -2.21. The van der Waals surface area contributed by atoms with Crippen LogP contribution < -0.4 is 5.32 Å². The van der Waals surface area contributed by atoms with E-state index in [2.05, 4.69) is 41.0 Å². The van der Waals surface area contributed by atoms with Crippen LogP contribution in [0.4, 0.5) is 0 Å². The zero-order chi connectivity index (χ0) is 14.8. The minimum absolute atomic E-state index is 0.777. The molecule has 0 aliphatic rings. The van der Waals surface area contributed by atoms with Crippen LogP contribution in [0.15, 0.2) is 41.9 Å². The first-order valence-electron chi connectivity index (χ1n) is 6.94. The highest BCUT2D eigenvalue weighted by atomic mass is 35.5. The summed E-state index contributed by atoms with van der Waals surface area (Å²) in [7, 11) is 3.87. The molecule has 0 aromatic heterocycles. The van der Waals surface area contributed by atoms with Gasteiger partial charge in [-0.3, -0.25) is 4.99 Å². The molecule has 0 saturated heterocycles. The molecule has 0 saturated carbocycles. The van der Waals surface area contributed by atoms with Gasteiger partial charge >= 0.3 is 0 Å². The summed E-state index contributed by atoms with van der Waals surface area (Å²) in [6, 6.07) is 7.96. The lowest BCUT2D eigenvalue weighted by molar-refractivity contribution is 0.470. The fraction of sp³-hybridized carbons (Fsp3) is 0.438. The number of benzene rings is 1. The number of halogens is 1. The molecule has 3 nitrogen and oxygen atoms in total. The van der Waals surface area contributed by atoms with Crippen LogP contribution in [0.3, 0.4) is 0 Å². The zero-order valence-corrected chi connectivity index (χ0v) is 13.2. The maximum atomic E-state index is 5.87. The van der Waals surface area contributed by atoms with Gasteiger partial charge in [0.15, 0.2) is 5.96 Å². The fourth-order valence-electron chi connectivity index (χ4n) is 1.93. The fourth-order valence-corrected chi connectivity index (χ4v) is 2.06. The predicted octanol–water partition coefficient (Wildman–Crippen LogP) is 3.36. The monoisotopic (exact) mass is 293 g/mol. The third-order valence-corrected chi connectivity index (χ3v) is 3.34. The number of aliphatic imine (C=N–C) groups is 1. The van der Waals surface area contributed by atoms with Gasteiger partial charge in [-0.05, 0) is 37.0 Å². The topological polar surface area (TPSA) is 27.6 Å². The first-order chi connectivity index (χ1) is 9.67. The van der Waals surface area contributed by atoms with Gasteiger partial charge in [-0.2, -0.15) is 0 Å². The molecule has 0 radical (unpaired) electrons. The van der Waals surface area contributed by atoms with Gasteiger partial charge in [-0.15, -0.1) is 6.58 Å². The molecule has 0 fully saturated rings. The standard InChI is InChI=1S/C16H24ClN3/c1-4-5-6-13-20(3)16(18-2)19-12-11-14-7-9-15(17)10-8-14/h4,7-10H,1,5-6,11-13H2,2-3H3,(H,18,19). The van der Waals surface area contributed by atoms with Crippen LogP contribution in [0.25, 0.3) is 0 Å². The zero-order valence-electron chi connectivity index (χ0n) is 12.4. The predicted molar refractivity (Wildman–Crippen MR) is 88.6 cm³/mol. The molecule has 1 aromatic carbocycles. The van der Waals surface area contributed by atoms with Crippen molar-refractivity contribution in [2.45, 2.75) is 19.3 Å². The highest BCUT2D eigenvalue weighted by Gasteiger charge is 2.04. The van der Waals surface area contributed by atoms with Crippen molar-refractivity contribution in [1.82, 2.24) is 10.2 Å². The average molecular weight is 294 g/mol. The highest BCUT2D eigenvalue weighted by Crippen LogP contribution is 2.09. The third kappa shape index (κ3) is 6.11. The number of nitrogens with one attached hydrogen (secondary N) is 1. The second kappa shape index (κ2) is 9.43. The maximum absolute atomic E-state index is 5.87. The summed E-state index contributed by atoms with van der Waals surface area (Å²) in [5.74, 6) is 0.933. The molecule has 1 rings (SSSR count). The Morgan fingerprint density at radius 1 is 1.40 bits per heavy atom. The van der Waals surface area contributed by atoms with Crippen molar-refractivity contribution >= 4 is 17.6 Å². The summed E-state index contributed by atoms with van der Waals surface area (Å²) in [4.78, 5) is 6.44. The van der Waals surface area contributed by atoms with E-state index in [1.54, 1.807) is 0 Å². The van der Waals surface area contributed by atoms with Gasteiger partial charge in [-0.25, -0.2) is 0 Å². The summed E-state index contributed by atoms with van der Waals surface area (Å²) in [5.41, 5.74) is 1.27. The third-order valence-electron chi connectivity index (χ3n) is 3.09. The second-order valence-corrected chi connectivity index (χ2v) is 5.14. The quantitative estimate of drug-likeness (QED) is 0.361. The molecule has 0 bridgehead atoms. The lowest BCUT2D eigenvalue weighted by atomic mass is 10.1. The summed E-state index contributed by atoms with van der Waals surface area (Å²) >= 11 is 5.87. The van der Waals surface area contributed by atoms with E-state index in [1.807, 2.05) is 25.3 Å². The van der Waals surface area contributed by atoms with Crippen LogP contribution in [0.5, 0.6) is 0 Å². The first kappa shape index (κ1) is 16.6. The highest BCUT2D eigenvalue weighted by molar-refractivity contribution is 6.30. The van der Waals surface area contributed by atoms with Crippen molar-refractivity contribution in [1.29, 1.82) is 0 Å². The van der Waals surface area contributed by atoms with E-state index in [0.29, 0.717) is 0 Å². The van der Waals surface area contributed by atoms with Crippen molar-refractivity contribution in [3.63, 3.8) is 0 Å². The van der Waals surface area contributed by atoms with E-state index in [1.165, 1.54) is 5.56 Å². The molecule has 0 aliphatic carbocycles. The Morgan fingerprint density at radius 3 is 2.70 bits per heavy atom. The van der Waals surface area contributed by atoms with E-state index < -0.39 is 0 Å². The number of allylic oxidation sites excluding steroid dienone is 1. The maximum Gasteiger partial charge on any atom is 0.193 e. The average Bonchev–Trinajstić information content (AvgIpc) is 2.45. The van der Waals surface area contributed by atoms with E-state index >= 15 is 0 Å². The minimum Gasteiger partial charge on any atom is -0.356 e. The van der Waals surface area contributed by atoms with Gasteiger partial charge in [-0.1, -0.05) is 29.8 Å². The Kier molecular flexibility index (Phi) is 7.81. The number of hydrogen-bond donors (Lipinski definition) is 1. The van der Waals surface area contributed by atoms with Crippen LogP contribution >= 0.6 is 11.6 Å². The molecular weight excluding hydrogens is 270 g/mol. The molecule has 0 heterocycles. The minimum atomic E-state index is 0.777. The van der Waals surface area contributed by atoms with Crippen LogP contribution in [-0.4, -0.2) is 38.0 Å². The Hall–Kier alpha value is -1.48. The van der Waals surface area contributed by atoms with Crippen molar-refractivity contribution in [2.24, 2.45) is 4.99 Å². The van der Waals surface area contributed by atoms with E-state index in [9.17, 15) is 0 Å². The van der Waals surface area contributed by atoms with Gasteiger partial charge in [0.05, 0.1) is 0 Å². The molecule has 0 atom stereocenters. The molecule has 1 aromatic rings. The van der Waals surface area contributed by atoms with E-state index in [-0.39, 0.29) is 0 Å². The van der Waals surface area contributed by atoms with Crippen molar-refractivity contribution < 1.29 is 0 Å². The second-order valence-electron chi connectivity index (χ2n) is 4.70. The summed E-state index contributed by atoms with van der Waals surface area (Å²) < 4.78 is 0. The largest absolute Gasteiger partial charge is 0.356 e. The van der Waals surface area contributed by atoms with Crippen LogP contribution in [0.1, 0.15) is 18.4 Å². The van der Waals surface area contributed by atoms with Crippen LogP contribution in [0, 0.1) is 0 Å². The smallest absolute Gasteiger partial charge is 0.193 e. The Balaban J connectivity index is 2.34. The molecule has 0 aliphatic heterocycles. The summed E-state index contributed by atoms with van der Waals surface area (Å²) in [5, 5.41) is 4.15. The first-order valence-corrected chi connectivity index (χ1v) is 7.32. The van der Waals surface area contributed by atoms with Gasteiger partial charge in [0.25, 0.3) is 0 Å². The van der Waals surface area contributed by atoms with Gasteiger partial charge < -0.3 is 10.2 Å². The molecular formula is C16H24ClN3. The van der Waals surface area contributed by atoms with E-state index in [4.69, 9.17) is 11.6 Å². The number of nitrogens with zero attached hydrogens (tertiary/aromatic N) is 2. The number of guanidine groups is 1. The van der Waals surface area contributed by atoms with Gasteiger partial charge in [0.2, 0.25) is 0 Å². The summed E-state index contributed by atoms with van der Waals surface area (Å²) in [6.45, 7) is 5.58. The van der Waals surface area contributed by atoms with Crippen LogP contribution in [-0.2, 0) is 6.42 Å². The number of unbranched alkanes of at least 4 members (excludes halogenated alkanes) is 1. The van der Waals surface area contributed by atoms with Crippen molar-refractivity contribution in [2.75, 3.05) is 27.2 Å². The molecule has 20 heavy (non-hydrogen) atoms. The van der Waals surface area contributed by atoms with E-state index in [0.717, 1.165) is 43.3 Å². The van der Waals surface area contributed by atoms with Crippen molar-refractivity contribution in [3.8, 4) is 0 Å². The summed E-state index contributed by atoms with van der Waals surface area (Å²) in [6.07, 6.45) is 5.03. The van der Waals surface area contributed by atoms with Crippen LogP contribution in [0.2, 0.25) is 5.02 Å². The van der Waals surface area contributed by atoms with Gasteiger partial charge in [0.1, 0.15) is 0 Å². The molecule has 0 unspecified atom stereocenters. The Morgan fingerprint density at radius 2 is 2.10 bits per heavy atom. The van der Waals surface area contributed by atoms with Gasteiger partial charge in [0, 0.05) is 32.2 Å². The number of hydrogen-bond acceptors (Lipinski definition) is 1. The molecule has 110 valence electrons. The number of rotatable bonds is 7. The Labute approximate surface area is 127 Å². The molecule has 1 N–H and O–H groups in total. The Bertz CT molecular complexity index is 426. The molecule has 0 amide bonds. The normalized spacial score (nSPS) is 11.2. The van der Waals surface area contributed by atoms with Crippen molar-refractivity contribution in [3.05, 3.63) is 47.5 Å². The SMILES string of the molecule is C=CCCCN(C)C(=NC)NCCc1ccc(Cl)cc1. The molecule has 0 spiro atoms.